The van der Waals surface area contributed by atoms with Crippen molar-refractivity contribution in [3.05, 3.63) is 241 Å². The maximum atomic E-state index is 2.52. The second-order valence-corrected chi connectivity index (χ2v) is 20.3. The minimum Gasteiger partial charge on any atom is -0.0619 e. The lowest BCUT2D eigenvalue weighted by molar-refractivity contribution is 0.659. The molecule has 0 heterocycles. The Labute approximate surface area is 397 Å². The van der Waals surface area contributed by atoms with Crippen LogP contribution in [0.5, 0.6) is 0 Å². The van der Waals surface area contributed by atoms with Gasteiger partial charge in [-0.1, -0.05) is 222 Å². The monoisotopic (exact) mass is 864 g/mol. The van der Waals surface area contributed by atoms with Crippen molar-refractivity contribution < 1.29 is 0 Å². The molecule has 2 aliphatic carbocycles. The summed E-state index contributed by atoms with van der Waals surface area (Å²) in [5.74, 6) is 0. The summed E-state index contributed by atoms with van der Waals surface area (Å²) in [6.07, 6.45) is 0. The van der Waals surface area contributed by atoms with Gasteiger partial charge in [0.15, 0.2) is 0 Å². The van der Waals surface area contributed by atoms with E-state index in [-0.39, 0.29) is 10.8 Å². The van der Waals surface area contributed by atoms with E-state index in [0.717, 1.165) is 0 Å². The van der Waals surface area contributed by atoms with Crippen molar-refractivity contribution >= 4 is 53.9 Å². The average Bonchev–Trinajstić information content (AvgIpc) is 3.75. The molecule has 0 amide bonds. The largest absolute Gasteiger partial charge is 0.0619 e. The third-order valence-electron chi connectivity index (χ3n) is 16.0. The van der Waals surface area contributed by atoms with Crippen molar-refractivity contribution in [2.45, 2.75) is 38.5 Å². The van der Waals surface area contributed by atoms with E-state index in [2.05, 4.69) is 246 Å². The van der Waals surface area contributed by atoms with Gasteiger partial charge < -0.3 is 0 Å². The summed E-state index contributed by atoms with van der Waals surface area (Å²) in [6, 6.07) is 82.6. The first-order valence-electron chi connectivity index (χ1n) is 24.2. The molecule has 0 unspecified atom stereocenters. The van der Waals surface area contributed by atoms with Crippen molar-refractivity contribution in [2.75, 3.05) is 0 Å². The number of fused-ring (bicyclic) bond motifs is 11. The van der Waals surface area contributed by atoms with E-state index >= 15 is 0 Å². The molecular formula is C68H48. The molecule has 320 valence electrons. The molecule has 2 aliphatic rings. The van der Waals surface area contributed by atoms with Crippen LogP contribution in [-0.2, 0) is 10.8 Å². The Morgan fingerprint density at radius 3 is 1.00 bits per heavy atom. The molecule has 14 rings (SSSR count). The van der Waals surface area contributed by atoms with Gasteiger partial charge in [0.1, 0.15) is 0 Å². The fourth-order valence-corrected chi connectivity index (χ4v) is 12.7. The molecular weight excluding hydrogens is 817 g/mol. The predicted octanol–water partition coefficient (Wildman–Crippen LogP) is 18.7. The van der Waals surface area contributed by atoms with Crippen molar-refractivity contribution in [1.29, 1.82) is 0 Å². The van der Waals surface area contributed by atoms with E-state index in [1.54, 1.807) is 0 Å². The molecule has 0 radical (unpaired) electrons. The molecule has 0 atom stereocenters. The van der Waals surface area contributed by atoms with Crippen LogP contribution in [-0.4, -0.2) is 0 Å². The summed E-state index contributed by atoms with van der Waals surface area (Å²) in [6.45, 7) is 9.58. The Morgan fingerprint density at radius 2 is 0.529 bits per heavy atom. The summed E-state index contributed by atoms with van der Waals surface area (Å²) in [4.78, 5) is 0. The molecule has 0 saturated carbocycles. The first kappa shape index (κ1) is 39.1. The lowest BCUT2D eigenvalue weighted by Gasteiger charge is -2.24. The van der Waals surface area contributed by atoms with Crippen molar-refractivity contribution in [2.24, 2.45) is 0 Å². The minimum atomic E-state index is -0.195. The molecule has 12 aromatic carbocycles. The maximum absolute atomic E-state index is 2.52. The Kier molecular flexibility index (Phi) is 8.19. The second kappa shape index (κ2) is 14.2. The number of hydrogen-bond acceptors (Lipinski definition) is 0. The van der Waals surface area contributed by atoms with Crippen LogP contribution in [0.3, 0.4) is 0 Å². The molecule has 0 aliphatic heterocycles. The molecule has 0 aromatic heterocycles. The van der Waals surface area contributed by atoms with Crippen LogP contribution in [0.25, 0.3) is 121 Å². The highest BCUT2D eigenvalue weighted by Gasteiger charge is 2.38. The Hall–Kier alpha value is -8.06. The lowest BCUT2D eigenvalue weighted by atomic mass is 9.79. The highest BCUT2D eigenvalue weighted by atomic mass is 14.4. The quantitative estimate of drug-likeness (QED) is 0.155. The summed E-state index contributed by atoms with van der Waals surface area (Å²) >= 11 is 0. The van der Waals surface area contributed by atoms with Gasteiger partial charge in [-0.2, -0.15) is 0 Å². The van der Waals surface area contributed by atoms with Crippen LogP contribution in [0, 0.1) is 0 Å². The van der Waals surface area contributed by atoms with Gasteiger partial charge >= 0.3 is 0 Å². The van der Waals surface area contributed by atoms with Gasteiger partial charge in [0.2, 0.25) is 0 Å². The molecule has 12 aromatic rings. The van der Waals surface area contributed by atoms with Crippen molar-refractivity contribution in [3.63, 3.8) is 0 Å². The second-order valence-electron chi connectivity index (χ2n) is 20.3. The van der Waals surface area contributed by atoms with Crippen LogP contribution < -0.4 is 0 Å². The van der Waals surface area contributed by atoms with Gasteiger partial charge in [0.25, 0.3) is 0 Å². The molecule has 0 spiro atoms. The number of rotatable bonds is 4. The van der Waals surface area contributed by atoms with E-state index in [9.17, 15) is 0 Å². The average molecular weight is 865 g/mol. The van der Waals surface area contributed by atoms with Crippen LogP contribution >= 0.6 is 0 Å². The standard InChI is InChI=1S/C68H48/c1-67(2)59-28-16-15-19-47(59)48-34-31-43(38-60(48)67)44-32-35-49-50-36-33-46(40-62(50)68(3,4)61(49)39-44)64-53-22-9-13-26-57(53)66(58-27-14-10-23-54(58)64)65-55-24-11-7-20-51(55)63(52-21-8-12-25-56(52)65)45-30-29-41-17-5-6-18-42(41)37-45/h5-40H,1-4H3. The fourth-order valence-electron chi connectivity index (χ4n) is 12.7. The summed E-state index contributed by atoms with van der Waals surface area (Å²) in [7, 11) is 0. The zero-order valence-corrected chi connectivity index (χ0v) is 38.8. The third kappa shape index (κ3) is 5.43. The first-order chi connectivity index (χ1) is 33.3. The normalized spacial score (nSPS) is 14.1. The molecule has 0 N–H and O–H groups in total. The van der Waals surface area contributed by atoms with Gasteiger partial charge in [0.05, 0.1) is 0 Å². The van der Waals surface area contributed by atoms with Gasteiger partial charge in [-0.15, -0.1) is 0 Å². The SMILES string of the molecule is CC1(C)c2ccccc2-c2ccc(-c3ccc4c(c3)C(C)(C)c3cc(-c5c6ccccc6c(-c6c7ccccc7c(-c7ccc8ccccc8c7)c7ccccc67)c6ccccc56)ccc3-4)cc21. The van der Waals surface area contributed by atoms with Gasteiger partial charge in [-0.25, -0.2) is 0 Å². The maximum Gasteiger partial charge on any atom is 0.0159 e. The topological polar surface area (TPSA) is 0 Å². The van der Waals surface area contributed by atoms with Crippen LogP contribution in [0.1, 0.15) is 49.9 Å². The highest BCUT2D eigenvalue weighted by Crippen LogP contribution is 2.55. The molecule has 0 nitrogen and oxygen atoms in total. The van der Waals surface area contributed by atoms with Gasteiger partial charge in [-0.05, 0) is 167 Å². The molecule has 0 bridgehead atoms. The summed E-state index contributed by atoms with van der Waals surface area (Å²) in [5, 5.41) is 12.6. The predicted molar refractivity (Wildman–Crippen MR) is 291 cm³/mol. The third-order valence-corrected chi connectivity index (χ3v) is 16.0. The van der Waals surface area contributed by atoms with Crippen LogP contribution in [0.2, 0.25) is 0 Å². The van der Waals surface area contributed by atoms with Crippen molar-refractivity contribution in [1.82, 2.24) is 0 Å². The zero-order valence-electron chi connectivity index (χ0n) is 38.8. The minimum absolute atomic E-state index is 0.0399. The first-order valence-corrected chi connectivity index (χ1v) is 24.2. The highest BCUT2D eigenvalue weighted by molar-refractivity contribution is 6.30. The molecule has 0 saturated heterocycles. The molecule has 0 heteroatoms. The Balaban J connectivity index is 0.938. The number of hydrogen-bond donors (Lipinski definition) is 0. The zero-order chi connectivity index (χ0) is 45.5. The van der Waals surface area contributed by atoms with Crippen LogP contribution in [0.15, 0.2) is 218 Å². The van der Waals surface area contributed by atoms with Crippen LogP contribution in [0.4, 0.5) is 0 Å². The summed E-state index contributed by atoms with van der Waals surface area (Å²) in [5.41, 5.74) is 21.0. The summed E-state index contributed by atoms with van der Waals surface area (Å²) < 4.78 is 0. The van der Waals surface area contributed by atoms with Gasteiger partial charge in [0, 0.05) is 10.8 Å². The molecule has 68 heavy (non-hydrogen) atoms. The van der Waals surface area contributed by atoms with Gasteiger partial charge in [-0.3, -0.25) is 0 Å². The van der Waals surface area contributed by atoms with E-state index in [4.69, 9.17) is 0 Å². The lowest BCUT2D eigenvalue weighted by Crippen LogP contribution is -2.15. The van der Waals surface area contributed by atoms with E-state index in [0.29, 0.717) is 0 Å². The Morgan fingerprint density at radius 1 is 0.221 bits per heavy atom. The number of benzene rings is 12. The fraction of sp³-hybridized carbons (Fsp3) is 0.0882. The van der Waals surface area contributed by atoms with E-state index < -0.39 is 0 Å². The molecule has 0 fully saturated rings. The Bertz CT molecular complexity index is 4020. The van der Waals surface area contributed by atoms with E-state index in [1.165, 1.54) is 143 Å². The van der Waals surface area contributed by atoms with E-state index in [1.807, 2.05) is 0 Å². The van der Waals surface area contributed by atoms with Crippen molar-refractivity contribution in [3.8, 4) is 66.8 Å². The smallest absolute Gasteiger partial charge is 0.0159 e.